The molecule has 102 valence electrons. The third kappa shape index (κ3) is 2.87. The molecule has 0 amide bonds. The lowest BCUT2D eigenvalue weighted by Gasteiger charge is -2.16. The van der Waals surface area contributed by atoms with Crippen LogP contribution >= 0.6 is 0 Å². The van der Waals surface area contributed by atoms with Gasteiger partial charge in [0.05, 0.1) is 6.20 Å². The highest BCUT2D eigenvalue weighted by atomic mass is 16.3. The first kappa shape index (κ1) is 13.8. The van der Waals surface area contributed by atoms with Crippen LogP contribution in [0.2, 0.25) is 0 Å². The first-order valence-corrected chi connectivity index (χ1v) is 6.81. The molecular formula is C16H22N2O. The Bertz CT molecular complexity index is 549. The number of hydrogen-bond donors (Lipinski definition) is 1. The number of aliphatic hydroxyl groups excluding tert-OH is 1. The zero-order chi connectivity index (χ0) is 14.0. The molecule has 19 heavy (non-hydrogen) atoms. The molecule has 0 fully saturated rings. The van der Waals surface area contributed by atoms with E-state index in [0.29, 0.717) is 0 Å². The highest BCUT2D eigenvalue weighted by molar-refractivity contribution is 5.42. The third-order valence-corrected chi connectivity index (χ3v) is 3.43. The Morgan fingerprint density at radius 3 is 2.42 bits per heavy atom. The summed E-state index contributed by atoms with van der Waals surface area (Å²) >= 11 is 0. The van der Waals surface area contributed by atoms with Crippen molar-refractivity contribution in [1.82, 2.24) is 9.78 Å². The van der Waals surface area contributed by atoms with E-state index in [-0.39, 0.29) is 0 Å². The maximum absolute atomic E-state index is 10.6. The van der Waals surface area contributed by atoms with E-state index < -0.39 is 6.10 Å². The lowest BCUT2D eigenvalue weighted by Crippen LogP contribution is -2.04. The van der Waals surface area contributed by atoms with Crippen molar-refractivity contribution in [1.29, 1.82) is 0 Å². The molecule has 3 heteroatoms. The average Bonchev–Trinajstić information content (AvgIpc) is 2.76. The average molecular weight is 258 g/mol. The molecule has 0 radical (unpaired) electrons. The molecule has 0 aliphatic rings. The number of nitrogens with zero attached hydrogens (tertiary/aromatic N) is 2. The van der Waals surface area contributed by atoms with Crippen LogP contribution < -0.4 is 0 Å². The molecule has 0 saturated carbocycles. The van der Waals surface area contributed by atoms with Gasteiger partial charge in [-0.25, -0.2) is 0 Å². The Morgan fingerprint density at radius 1 is 1.21 bits per heavy atom. The summed E-state index contributed by atoms with van der Waals surface area (Å²) in [6, 6.07) is 4.23. The second-order valence-electron chi connectivity index (χ2n) is 5.25. The monoisotopic (exact) mass is 258 g/mol. The van der Waals surface area contributed by atoms with Crippen LogP contribution in [0.15, 0.2) is 24.5 Å². The molecule has 0 bridgehead atoms. The van der Waals surface area contributed by atoms with E-state index >= 15 is 0 Å². The zero-order valence-electron chi connectivity index (χ0n) is 12.1. The predicted molar refractivity (Wildman–Crippen MR) is 77.2 cm³/mol. The van der Waals surface area contributed by atoms with Crippen molar-refractivity contribution in [3.8, 4) is 0 Å². The van der Waals surface area contributed by atoms with Crippen molar-refractivity contribution < 1.29 is 5.11 Å². The highest BCUT2D eigenvalue weighted by Crippen LogP contribution is 2.28. The molecule has 0 aliphatic carbocycles. The summed E-state index contributed by atoms with van der Waals surface area (Å²) in [5, 5.41) is 14.9. The van der Waals surface area contributed by atoms with Crippen LogP contribution in [-0.4, -0.2) is 14.9 Å². The molecule has 1 atom stereocenters. The fourth-order valence-electron chi connectivity index (χ4n) is 2.66. The molecule has 1 unspecified atom stereocenters. The minimum absolute atomic E-state index is 0.591. The summed E-state index contributed by atoms with van der Waals surface area (Å²) < 4.78 is 1.89. The minimum Gasteiger partial charge on any atom is -0.384 e. The molecule has 0 saturated heterocycles. The molecule has 0 aliphatic heterocycles. The van der Waals surface area contributed by atoms with Crippen LogP contribution in [0, 0.1) is 20.8 Å². The molecule has 1 aromatic heterocycles. The van der Waals surface area contributed by atoms with Gasteiger partial charge < -0.3 is 5.11 Å². The normalized spacial score (nSPS) is 12.7. The topological polar surface area (TPSA) is 38.0 Å². The largest absolute Gasteiger partial charge is 0.384 e. The van der Waals surface area contributed by atoms with E-state index in [4.69, 9.17) is 0 Å². The van der Waals surface area contributed by atoms with Crippen molar-refractivity contribution in [2.75, 3.05) is 0 Å². The fourth-order valence-corrected chi connectivity index (χ4v) is 2.66. The van der Waals surface area contributed by atoms with E-state index in [1.54, 1.807) is 6.20 Å². The van der Waals surface area contributed by atoms with Gasteiger partial charge in [-0.05, 0) is 43.9 Å². The summed E-state index contributed by atoms with van der Waals surface area (Å²) in [7, 11) is 0. The van der Waals surface area contributed by atoms with Gasteiger partial charge in [0, 0.05) is 18.3 Å². The summed E-state index contributed by atoms with van der Waals surface area (Å²) in [5.41, 5.74) is 5.36. The lowest BCUT2D eigenvalue weighted by molar-refractivity contribution is 0.218. The van der Waals surface area contributed by atoms with Crippen molar-refractivity contribution in [2.24, 2.45) is 0 Å². The maximum atomic E-state index is 10.6. The molecule has 2 aromatic rings. The van der Waals surface area contributed by atoms with E-state index in [1.807, 2.05) is 10.9 Å². The van der Waals surface area contributed by atoms with Gasteiger partial charge in [-0.2, -0.15) is 5.10 Å². The summed E-state index contributed by atoms with van der Waals surface area (Å²) in [6.45, 7) is 9.18. The second kappa shape index (κ2) is 5.57. The zero-order valence-corrected chi connectivity index (χ0v) is 12.1. The maximum Gasteiger partial charge on any atom is 0.108 e. The Kier molecular flexibility index (Phi) is 4.05. The Labute approximate surface area is 114 Å². The first-order valence-electron chi connectivity index (χ1n) is 6.81. The lowest BCUT2D eigenvalue weighted by atomic mass is 9.93. The van der Waals surface area contributed by atoms with Crippen LogP contribution in [0.5, 0.6) is 0 Å². The minimum atomic E-state index is -0.591. The van der Waals surface area contributed by atoms with Crippen LogP contribution in [-0.2, 0) is 6.54 Å². The summed E-state index contributed by atoms with van der Waals surface area (Å²) in [4.78, 5) is 0. The number of rotatable bonds is 4. The fraction of sp³-hybridized carbons (Fsp3) is 0.438. The van der Waals surface area contributed by atoms with Crippen LogP contribution in [0.4, 0.5) is 0 Å². The van der Waals surface area contributed by atoms with Crippen LogP contribution in [0.25, 0.3) is 0 Å². The smallest absolute Gasteiger partial charge is 0.108 e. The molecule has 1 N–H and O–H groups in total. The number of aliphatic hydroxyl groups is 1. The molecule has 2 rings (SSSR count). The van der Waals surface area contributed by atoms with Gasteiger partial charge >= 0.3 is 0 Å². The Balaban J connectivity index is 2.35. The quantitative estimate of drug-likeness (QED) is 0.913. The first-order chi connectivity index (χ1) is 9.02. The number of aryl methyl sites for hydroxylation is 4. The van der Waals surface area contributed by atoms with Crippen LogP contribution in [0.1, 0.15) is 47.3 Å². The van der Waals surface area contributed by atoms with Gasteiger partial charge in [0.25, 0.3) is 0 Å². The molecule has 1 heterocycles. The van der Waals surface area contributed by atoms with Gasteiger partial charge in [-0.15, -0.1) is 0 Å². The summed E-state index contributed by atoms with van der Waals surface area (Å²) in [6.07, 6.45) is 4.15. The van der Waals surface area contributed by atoms with Crippen molar-refractivity contribution in [3.05, 3.63) is 52.3 Å². The number of aromatic nitrogens is 2. The Morgan fingerprint density at radius 2 is 1.84 bits per heavy atom. The predicted octanol–water partition coefficient (Wildman–Crippen LogP) is 3.30. The SMILES string of the molecule is CCCn1cc(C(O)c2c(C)cc(C)cc2C)cn1. The van der Waals surface area contributed by atoms with Gasteiger partial charge in [0.2, 0.25) is 0 Å². The van der Waals surface area contributed by atoms with Crippen molar-refractivity contribution in [3.63, 3.8) is 0 Å². The van der Waals surface area contributed by atoms with E-state index in [2.05, 4.69) is 44.9 Å². The van der Waals surface area contributed by atoms with E-state index in [9.17, 15) is 5.11 Å². The van der Waals surface area contributed by atoms with Crippen molar-refractivity contribution in [2.45, 2.75) is 46.8 Å². The molecule has 1 aromatic carbocycles. The molecule has 0 spiro atoms. The standard InChI is InChI=1S/C16H22N2O/c1-5-6-18-10-14(9-17-18)16(19)15-12(3)7-11(2)8-13(15)4/h7-10,16,19H,5-6H2,1-4H3. The number of benzene rings is 1. The van der Waals surface area contributed by atoms with Gasteiger partial charge in [-0.1, -0.05) is 24.6 Å². The third-order valence-electron chi connectivity index (χ3n) is 3.43. The summed E-state index contributed by atoms with van der Waals surface area (Å²) in [5.74, 6) is 0. The van der Waals surface area contributed by atoms with Gasteiger partial charge in [-0.3, -0.25) is 4.68 Å². The highest BCUT2D eigenvalue weighted by Gasteiger charge is 2.17. The van der Waals surface area contributed by atoms with E-state index in [1.165, 1.54) is 5.56 Å². The molecule has 3 nitrogen and oxygen atoms in total. The van der Waals surface area contributed by atoms with Gasteiger partial charge in [0.1, 0.15) is 6.10 Å². The van der Waals surface area contributed by atoms with Crippen molar-refractivity contribution >= 4 is 0 Å². The van der Waals surface area contributed by atoms with E-state index in [0.717, 1.165) is 35.2 Å². The number of hydrogen-bond acceptors (Lipinski definition) is 2. The van der Waals surface area contributed by atoms with Gasteiger partial charge in [0.15, 0.2) is 0 Å². The Hall–Kier alpha value is -1.61. The molecular weight excluding hydrogens is 236 g/mol. The second-order valence-corrected chi connectivity index (χ2v) is 5.25. The van der Waals surface area contributed by atoms with Crippen LogP contribution in [0.3, 0.4) is 0 Å².